The Balaban J connectivity index is 2.21. The molecule has 1 fully saturated rings. The molecule has 1 heterocycles. The minimum Gasteiger partial charge on any atom is -0.329 e. The third-order valence-electron chi connectivity index (χ3n) is 3.08. The lowest BCUT2D eigenvalue weighted by Crippen LogP contribution is -2.34. The highest BCUT2D eigenvalue weighted by atomic mass is 79.9. The number of nitrogens with two attached hydrogens (primary N) is 1. The Kier molecular flexibility index (Phi) is 3.93. The summed E-state index contributed by atoms with van der Waals surface area (Å²) in [5, 5.41) is 0. The van der Waals surface area contributed by atoms with Crippen LogP contribution in [0.4, 0.5) is 4.39 Å². The molecule has 1 unspecified atom stereocenters. The molecule has 0 amide bonds. The summed E-state index contributed by atoms with van der Waals surface area (Å²) < 4.78 is 14.3. The molecule has 0 aromatic heterocycles. The smallest absolute Gasteiger partial charge is 0.123 e. The molecule has 2 N–H and O–H groups in total. The second kappa shape index (κ2) is 5.07. The fraction of sp³-hybridized carbons (Fsp3) is 0.500. The van der Waals surface area contributed by atoms with Crippen LogP contribution in [0.3, 0.4) is 0 Å². The molecule has 4 heteroatoms. The number of halogens is 2. The van der Waals surface area contributed by atoms with Crippen molar-refractivity contribution in [2.75, 3.05) is 12.3 Å². The molecule has 1 aromatic carbocycles. The van der Waals surface area contributed by atoms with Gasteiger partial charge in [0.15, 0.2) is 0 Å². The molecule has 1 atom stereocenters. The van der Waals surface area contributed by atoms with Crippen molar-refractivity contribution in [3.05, 3.63) is 34.1 Å². The van der Waals surface area contributed by atoms with E-state index in [1.54, 1.807) is 12.1 Å². The van der Waals surface area contributed by atoms with Gasteiger partial charge in [-0.2, -0.15) is 11.8 Å². The average molecular weight is 304 g/mol. The van der Waals surface area contributed by atoms with Gasteiger partial charge in [0.25, 0.3) is 0 Å². The molecule has 0 radical (unpaired) electrons. The maximum Gasteiger partial charge on any atom is 0.123 e. The zero-order valence-electron chi connectivity index (χ0n) is 9.01. The van der Waals surface area contributed by atoms with Gasteiger partial charge in [0.1, 0.15) is 5.82 Å². The molecular formula is C12H15BrFNS. The van der Waals surface area contributed by atoms with Crippen LogP contribution < -0.4 is 5.73 Å². The lowest BCUT2D eigenvalue weighted by molar-refractivity contribution is 0.559. The van der Waals surface area contributed by atoms with Crippen molar-refractivity contribution in [2.45, 2.75) is 24.0 Å². The van der Waals surface area contributed by atoms with E-state index >= 15 is 0 Å². The Morgan fingerprint density at radius 1 is 1.50 bits per heavy atom. The summed E-state index contributed by atoms with van der Waals surface area (Å²) in [7, 11) is 0. The summed E-state index contributed by atoms with van der Waals surface area (Å²) >= 11 is 5.41. The van der Waals surface area contributed by atoms with Gasteiger partial charge in [-0.3, -0.25) is 0 Å². The molecule has 88 valence electrons. The fourth-order valence-electron chi connectivity index (χ4n) is 2.15. The van der Waals surface area contributed by atoms with Gasteiger partial charge < -0.3 is 5.73 Å². The monoisotopic (exact) mass is 303 g/mol. The highest BCUT2D eigenvalue weighted by molar-refractivity contribution is 9.10. The minimum atomic E-state index is -0.173. The van der Waals surface area contributed by atoms with Gasteiger partial charge in [-0.15, -0.1) is 0 Å². The molecule has 0 spiro atoms. The second-order valence-electron chi connectivity index (χ2n) is 4.25. The Morgan fingerprint density at radius 2 is 2.31 bits per heavy atom. The van der Waals surface area contributed by atoms with E-state index in [1.165, 1.54) is 18.2 Å². The van der Waals surface area contributed by atoms with Crippen molar-refractivity contribution in [2.24, 2.45) is 5.73 Å². The van der Waals surface area contributed by atoms with E-state index < -0.39 is 0 Å². The number of hydrogen-bond acceptors (Lipinski definition) is 2. The van der Waals surface area contributed by atoms with Crippen LogP contribution in [-0.4, -0.2) is 17.0 Å². The fourth-order valence-corrected chi connectivity index (χ4v) is 3.93. The first kappa shape index (κ1) is 12.4. The van der Waals surface area contributed by atoms with Crippen LogP contribution in [0.25, 0.3) is 0 Å². The van der Waals surface area contributed by atoms with Crippen LogP contribution >= 0.6 is 27.7 Å². The van der Waals surface area contributed by atoms with Crippen molar-refractivity contribution in [3.8, 4) is 0 Å². The Labute approximate surface area is 108 Å². The molecule has 1 aliphatic rings. The summed E-state index contributed by atoms with van der Waals surface area (Å²) in [6, 6.07) is 4.86. The summed E-state index contributed by atoms with van der Waals surface area (Å²) in [5.74, 6) is 0.998. The Bertz CT molecular complexity index is 377. The molecule has 16 heavy (non-hydrogen) atoms. The minimum absolute atomic E-state index is 0.121. The van der Waals surface area contributed by atoms with Gasteiger partial charge in [0.2, 0.25) is 0 Å². The van der Waals surface area contributed by atoms with Crippen LogP contribution in [0.2, 0.25) is 0 Å². The number of benzene rings is 1. The van der Waals surface area contributed by atoms with E-state index in [9.17, 15) is 4.39 Å². The zero-order valence-corrected chi connectivity index (χ0v) is 11.4. The van der Waals surface area contributed by atoms with E-state index in [-0.39, 0.29) is 10.6 Å². The van der Waals surface area contributed by atoms with E-state index in [1.807, 2.05) is 11.8 Å². The number of thioether (sulfide) groups is 1. The molecule has 1 aromatic rings. The summed E-state index contributed by atoms with van der Waals surface area (Å²) in [6.07, 6.45) is 3.21. The second-order valence-corrected chi connectivity index (χ2v) is 6.67. The Hall–Kier alpha value is -0.0600. The first-order valence-corrected chi connectivity index (χ1v) is 7.21. The molecule has 0 bridgehead atoms. The van der Waals surface area contributed by atoms with Crippen molar-refractivity contribution in [1.29, 1.82) is 0 Å². The number of rotatable bonds is 3. The van der Waals surface area contributed by atoms with Crippen molar-refractivity contribution in [3.63, 3.8) is 0 Å². The van der Waals surface area contributed by atoms with Crippen LogP contribution in [-0.2, 0) is 6.42 Å². The zero-order chi connectivity index (χ0) is 11.6. The van der Waals surface area contributed by atoms with Crippen LogP contribution in [0, 0.1) is 5.82 Å². The van der Waals surface area contributed by atoms with Gasteiger partial charge in [-0.05, 0) is 48.8 Å². The SMILES string of the molecule is NCC1(Cc2cc(F)ccc2Br)CCCS1. The maximum absolute atomic E-state index is 13.2. The molecule has 1 saturated heterocycles. The van der Waals surface area contributed by atoms with Crippen molar-refractivity contribution >= 4 is 27.7 Å². The quantitative estimate of drug-likeness (QED) is 0.926. The molecule has 0 saturated carbocycles. The van der Waals surface area contributed by atoms with E-state index in [2.05, 4.69) is 15.9 Å². The average Bonchev–Trinajstić information content (AvgIpc) is 2.73. The van der Waals surface area contributed by atoms with Crippen LogP contribution in [0.15, 0.2) is 22.7 Å². The van der Waals surface area contributed by atoms with Gasteiger partial charge in [0.05, 0.1) is 0 Å². The van der Waals surface area contributed by atoms with Gasteiger partial charge in [-0.1, -0.05) is 15.9 Å². The highest BCUT2D eigenvalue weighted by Crippen LogP contribution is 2.41. The summed E-state index contributed by atoms with van der Waals surface area (Å²) in [6.45, 7) is 0.667. The lowest BCUT2D eigenvalue weighted by atomic mass is 9.94. The van der Waals surface area contributed by atoms with Crippen LogP contribution in [0.5, 0.6) is 0 Å². The number of hydrogen-bond donors (Lipinski definition) is 1. The van der Waals surface area contributed by atoms with E-state index in [0.29, 0.717) is 6.54 Å². The summed E-state index contributed by atoms with van der Waals surface area (Å²) in [4.78, 5) is 0. The van der Waals surface area contributed by atoms with E-state index in [0.717, 1.165) is 22.9 Å². The maximum atomic E-state index is 13.2. The Morgan fingerprint density at radius 3 is 2.94 bits per heavy atom. The normalized spacial score (nSPS) is 24.9. The lowest BCUT2D eigenvalue weighted by Gasteiger charge is -2.26. The third-order valence-corrected chi connectivity index (χ3v) is 5.47. The predicted molar refractivity (Wildman–Crippen MR) is 71.3 cm³/mol. The first-order chi connectivity index (χ1) is 7.65. The standard InChI is InChI=1S/C12H15BrFNS/c13-11-3-2-10(14)6-9(11)7-12(8-15)4-1-5-16-12/h2-3,6H,1,4-5,7-8,15H2. The largest absolute Gasteiger partial charge is 0.329 e. The molecule has 0 aliphatic carbocycles. The van der Waals surface area contributed by atoms with Crippen molar-refractivity contribution in [1.82, 2.24) is 0 Å². The molecule has 1 aliphatic heterocycles. The van der Waals surface area contributed by atoms with Crippen molar-refractivity contribution < 1.29 is 4.39 Å². The predicted octanol–water partition coefficient (Wildman–Crippen LogP) is 3.36. The van der Waals surface area contributed by atoms with E-state index in [4.69, 9.17) is 5.73 Å². The van der Waals surface area contributed by atoms with Gasteiger partial charge >= 0.3 is 0 Å². The summed E-state index contributed by atoms with van der Waals surface area (Å²) in [5.41, 5.74) is 6.90. The van der Waals surface area contributed by atoms with Crippen LogP contribution in [0.1, 0.15) is 18.4 Å². The third kappa shape index (κ3) is 2.60. The van der Waals surface area contributed by atoms with Gasteiger partial charge in [0, 0.05) is 15.8 Å². The highest BCUT2D eigenvalue weighted by Gasteiger charge is 2.33. The van der Waals surface area contributed by atoms with Gasteiger partial charge in [-0.25, -0.2) is 4.39 Å². The molecule has 1 nitrogen and oxygen atoms in total. The molecule has 2 rings (SSSR count). The topological polar surface area (TPSA) is 26.0 Å². The first-order valence-electron chi connectivity index (χ1n) is 5.43. The molecular weight excluding hydrogens is 289 g/mol.